The van der Waals surface area contributed by atoms with E-state index in [1.165, 1.54) is 6.07 Å². The SMILES string of the molecule is CC(C)C(O)CCNC(=O)Nc1ccccc1OCC(F)F. The molecule has 0 aliphatic heterocycles. The number of carbonyl (C=O) groups is 1. The lowest BCUT2D eigenvalue weighted by atomic mass is 10.0. The number of hydrogen-bond donors (Lipinski definition) is 3. The molecule has 1 atom stereocenters. The molecule has 7 heteroatoms. The molecule has 0 spiro atoms. The van der Waals surface area contributed by atoms with Crippen LogP contribution in [0.15, 0.2) is 24.3 Å². The third-order valence-electron chi connectivity index (χ3n) is 3.00. The van der Waals surface area contributed by atoms with Crippen LogP contribution in [0.4, 0.5) is 19.3 Å². The zero-order valence-corrected chi connectivity index (χ0v) is 12.7. The van der Waals surface area contributed by atoms with E-state index in [0.717, 1.165) is 0 Å². The van der Waals surface area contributed by atoms with Crippen molar-refractivity contribution >= 4 is 11.7 Å². The predicted octanol–water partition coefficient (Wildman–Crippen LogP) is 2.86. The van der Waals surface area contributed by atoms with Gasteiger partial charge in [-0.3, -0.25) is 0 Å². The Balaban J connectivity index is 2.47. The second-order valence-electron chi connectivity index (χ2n) is 5.18. The minimum Gasteiger partial charge on any atom is -0.485 e. The molecule has 22 heavy (non-hydrogen) atoms. The van der Waals surface area contributed by atoms with Gasteiger partial charge in [-0.2, -0.15) is 0 Å². The van der Waals surface area contributed by atoms with Crippen LogP contribution in [0.3, 0.4) is 0 Å². The Hall–Kier alpha value is -1.89. The fourth-order valence-electron chi connectivity index (χ4n) is 1.68. The van der Waals surface area contributed by atoms with Gasteiger partial charge in [-0.05, 0) is 24.5 Å². The van der Waals surface area contributed by atoms with E-state index in [1.54, 1.807) is 18.2 Å². The first-order chi connectivity index (χ1) is 10.4. The zero-order chi connectivity index (χ0) is 16.5. The molecular weight excluding hydrogens is 294 g/mol. The lowest BCUT2D eigenvalue weighted by Gasteiger charge is -2.15. The summed E-state index contributed by atoms with van der Waals surface area (Å²) in [4.78, 5) is 11.7. The van der Waals surface area contributed by atoms with E-state index < -0.39 is 25.2 Å². The fraction of sp³-hybridized carbons (Fsp3) is 0.533. The van der Waals surface area contributed by atoms with Gasteiger partial charge in [0, 0.05) is 6.54 Å². The Morgan fingerprint density at radius 3 is 2.64 bits per heavy atom. The standard InChI is InChI=1S/C15H22F2N2O3/c1-10(2)12(20)7-8-18-15(21)19-11-5-3-4-6-13(11)22-9-14(16)17/h3-6,10,12,14,20H,7-9H2,1-2H3,(H2,18,19,21). The fourth-order valence-corrected chi connectivity index (χ4v) is 1.68. The highest BCUT2D eigenvalue weighted by Gasteiger charge is 2.11. The quantitative estimate of drug-likeness (QED) is 0.690. The number of urea groups is 1. The third kappa shape index (κ3) is 6.71. The number of aliphatic hydroxyl groups is 1. The number of anilines is 1. The van der Waals surface area contributed by atoms with Crippen molar-refractivity contribution in [3.63, 3.8) is 0 Å². The number of amides is 2. The molecule has 1 rings (SSSR count). The van der Waals surface area contributed by atoms with Crippen molar-refractivity contribution in [2.75, 3.05) is 18.5 Å². The Morgan fingerprint density at radius 2 is 2.00 bits per heavy atom. The van der Waals surface area contributed by atoms with Gasteiger partial charge in [0.05, 0.1) is 11.8 Å². The first-order valence-electron chi connectivity index (χ1n) is 7.13. The van der Waals surface area contributed by atoms with Crippen molar-refractivity contribution in [1.82, 2.24) is 5.32 Å². The molecule has 0 aliphatic rings. The first kappa shape index (κ1) is 18.2. The van der Waals surface area contributed by atoms with Gasteiger partial charge in [0.2, 0.25) is 0 Å². The maximum atomic E-state index is 12.2. The third-order valence-corrected chi connectivity index (χ3v) is 3.00. The summed E-state index contributed by atoms with van der Waals surface area (Å²) in [5.74, 6) is 0.300. The van der Waals surface area contributed by atoms with Crippen molar-refractivity contribution in [3.05, 3.63) is 24.3 Å². The summed E-state index contributed by atoms with van der Waals surface area (Å²) in [7, 11) is 0. The van der Waals surface area contributed by atoms with Crippen LogP contribution in [-0.2, 0) is 0 Å². The van der Waals surface area contributed by atoms with Crippen molar-refractivity contribution in [1.29, 1.82) is 0 Å². The number of ether oxygens (including phenoxy) is 1. The number of carbonyl (C=O) groups excluding carboxylic acids is 1. The molecule has 0 aliphatic carbocycles. The highest BCUT2D eigenvalue weighted by atomic mass is 19.3. The topological polar surface area (TPSA) is 70.6 Å². The monoisotopic (exact) mass is 316 g/mol. The number of benzene rings is 1. The van der Waals surface area contributed by atoms with Crippen molar-refractivity contribution in [2.45, 2.75) is 32.8 Å². The Morgan fingerprint density at radius 1 is 1.32 bits per heavy atom. The van der Waals surface area contributed by atoms with Crippen molar-refractivity contribution in [3.8, 4) is 5.75 Å². The first-order valence-corrected chi connectivity index (χ1v) is 7.13. The predicted molar refractivity (Wildman–Crippen MR) is 80.4 cm³/mol. The molecule has 1 aromatic carbocycles. The summed E-state index contributed by atoms with van der Waals surface area (Å²) in [6.07, 6.45) is -2.63. The van der Waals surface area contributed by atoms with Gasteiger partial charge in [0.25, 0.3) is 6.43 Å². The summed E-state index contributed by atoms with van der Waals surface area (Å²) >= 11 is 0. The molecule has 0 heterocycles. The van der Waals surface area contributed by atoms with Gasteiger partial charge in [-0.1, -0.05) is 26.0 Å². The minimum atomic E-state index is -2.58. The summed E-state index contributed by atoms with van der Waals surface area (Å²) in [6, 6.07) is 5.86. The van der Waals surface area contributed by atoms with Gasteiger partial charge < -0.3 is 20.5 Å². The van der Waals surface area contributed by atoms with Gasteiger partial charge in [-0.15, -0.1) is 0 Å². The number of nitrogens with one attached hydrogen (secondary N) is 2. The summed E-state index contributed by atoms with van der Waals surface area (Å²) in [5.41, 5.74) is 0.310. The molecule has 0 fully saturated rings. The second kappa shape index (κ2) is 9.19. The number of halogens is 2. The maximum absolute atomic E-state index is 12.2. The van der Waals surface area contributed by atoms with Crippen LogP contribution in [-0.4, -0.2) is 36.8 Å². The number of para-hydroxylation sites is 2. The van der Waals surface area contributed by atoms with Crippen molar-refractivity contribution in [2.24, 2.45) is 5.92 Å². The van der Waals surface area contributed by atoms with Crippen LogP contribution in [0.1, 0.15) is 20.3 Å². The van der Waals surface area contributed by atoms with Gasteiger partial charge in [0.15, 0.2) is 0 Å². The summed E-state index contributed by atoms with van der Waals surface area (Å²) in [5, 5.41) is 14.8. The van der Waals surface area contributed by atoms with Crippen LogP contribution in [0, 0.1) is 5.92 Å². The average Bonchev–Trinajstić information content (AvgIpc) is 2.46. The molecule has 0 saturated carbocycles. The zero-order valence-electron chi connectivity index (χ0n) is 12.7. The molecule has 0 saturated heterocycles. The largest absolute Gasteiger partial charge is 0.485 e. The molecule has 5 nitrogen and oxygen atoms in total. The normalized spacial score (nSPS) is 12.3. The average molecular weight is 316 g/mol. The molecule has 2 amide bonds. The minimum absolute atomic E-state index is 0.119. The van der Waals surface area contributed by atoms with Crippen LogP contribution in [0.2, 0.25) is 0 Å². The summed E-state index contributed by atoms with van der Waals surface area (Å²) < 4.78 is 29.3. The van der Waals surface area contributed by atoms with Gasteiger partial charge >= 0.3 is 6.03 Å². The number of alkyl halides is 2. The highest BCUT2D eigenvalue weighted by molar-refractivity contribution is 5.90. The molecule has 0 bridgehead atoms. The molecule has 1 unspecified atom stereocenters. The van der Waals surface area contributed by atoms with Crippen LogP contribution in [0.5, 0.6) is 5.75 Å². The number of hydrogen-bond acceptors (Lipinski definition) is 3. The Bertz CT molecular complexity index is 470. The Labute approximate surface area is 128 Å². The van der Waals surface area contributed by atoms with Crippen molar-refractivity contribution < 1.29 is 23.4 Å². The molecule has 124 valence electrons. The molecule has 0 aromatic heterocycles. The highest BCUT2D eigenvalue weighted by Crippen LogP contribution is 2.24. The van der Waals surface area contributed by atoms with E-state index in [9.17, 15) is 18.7 Å². The second-order valence-corrected chi connectivity index (χ2v) is 5.18. The van der Waals surface area contributed by atoms with Gasteiger partial charge in [-0.25, -0.2) is 13.6 Å². The van der Waals surface area contributed by atoms with E-state index in [-0.39, 0.29) is 11.7 Å². The maximum Gasteiger partial charge on any atom is 0.319 e. The lowest BCUT2D eigenvalue weighted by molar-refractivity contribution is 0.0823. The van der Waals surface area contributed by atoms with Crippen LogP contribution < -0.4 is 15.4 Å². The molecule has 1 aromatic rings. The molecule has 0 radical (unpaired) electrons. The van der Waals surface area contributed by atoms with E-state index in [0.29, 0.717) is 18.7 Å². The molecule has 3 N–H and O–H groups in total. The Kier molecular flexibility index (Phi) is 7.59. The van der Waals surface area contributed by atoms with Gasteiger partial charge in [0.1, 0.15) is 12.4 Å². The lowest BCUT2D eigenvalue weighted by Crippen LogP contribution is -2.32. The summed E-state index contributed by atoms with van der Waals surface area (Å²) in [6.45, 7) is 3.36. The van der Waals surface area contributed by atoms with Crippen LogP contribution in [0.25, 0.3) is 0 Å². The number of rotatable bonds is 8. The van der Waals surface area contributed by atoms with E-state index in [1.807, 2.05) is 13.8 Å². The smallest absolute Gasteiger partial charge is 0.319 e. The number of aliphatic hydroxyl groups excluding tert-OH is 1. The van der Waals surface area contributed by atoms with E-state index in [2.05, 4.69) is 10.6 Å². The molecular formula is C15H22F2N2O3. The van der Waals surface area contributed by atoms with Crippen LogP contribution >= 0.6 is 0 Å². The van der Waals surface area contributed by atoms with E-state index >= 15 is 0 Å². The van der Waals surface area contributed by atoms with E-state index in [4.69, 9.17) is 4.74 Å².